The minimum atomic E-state index is -3.94. The van der Waals surface area contributed by atoms with Crippen LogP contribution in [0.2, 0.25) is 0 Å². The van der Waals surface area contributed by atoms with Gasteiger partial charge < -0.3 is 10.1 Å². The summed E-state index contributed by atoms with van der Waals surface area (Å²) in [7, 11) is -2.71. The van der Waals surface area contributed by atoms with Gasteiger partial charge in [-0.25, -0.2) is 8.42 Å². The molecule has 0 aliphatic rings. The molecule has 0 radical (unpaired) electrons. The van der Waals surface area contributed by atoms with Crippen LogP contribution in [0.5, 0.6) is 0 Å². The number of amides is 1. The van der Waals surface area contributed by atoms with Crippen LogP contribution in [0.15, 0.2) is 29.2 Å². The summed E-state index contributed by atoms with van der Waals surface area (Å²) in [5.74, 6) is -1.50. The molecule has 1 unspecified atom stereocenters. The molecule has 1 atom stereocenters. The average Bonchev–Trinajstić information content (AvgIpc) is 2.52. The Morgan fingerprint density at radius 1 is 1.15 bits per heavy atom. The summed E-state index contributed by atoms with van der Waals surface area (Å²) < 4.78 is 30.9. The van der Waals surface area contributed by atoms with E-state index in [0.29, 0.717) is 5.56 Å². The number of likely N-dealkylation sites (N-methyl/N-ethyl adjacent to an activating group) is 1. The first-order chi connectivity index (χ1) is 12.2. The summed E-state index contributed by atoms with van der Waals surface area (Å²) in [6, 6.07) is 5.40. The smallest absolute Gasteiger partial charge is 0.322 e. The van der Waals surface area contributed by atoms with Crippen LogP contribution in [-0.4, -0.2) is 55.6 Å². The van der Waals surface area contributed by atoms with Crippen molar-refractivity contribution in [3.05, 3.63) is 29.8 Å². The molecule has 1 aromatic carbocycles. The van der Waals surface area contributed by atoms with Crippen LogP contribution in [0.1, 0.15) is 45.0 Å². The molecule has 0 saturated carbocycles. The number of nitrogens with zero attached hydrogens (tertiary/aromatic N) is 1. The molecule has 1 aromatic rings. The lowest BCUT2D eigenvalue weighted by molar-refractivity contribution is -0.155. The molecule has 1 amide bonds. The molecule has 0 saturated heterocycles. The highest BCUT2D eigenvalue weighted by Gasteiger charge is 2.27. The average molecular weight is 398 g/mol. The van der Waals surface area contributed by atoms with Crippen LogP contribution in [0, 0.1) is 0 Å². The molecular formula is C18H26N2O6S. The molecule has 150 valence electrons. The van der Waals surface area contributed by atoms with Gasteiger partial charge in [-0.05, 0) is 46.8 Å². The van der Waals surface area contributed by atoms with Crippen molar-refractivity contribution in [2.75, 3.05) is 13.6 Å². The molecule has 0 spiro atoms. The summed E-state index contributed by atoms with van der Waals surface area (Å²) in [5.41, 5.74) is -0.0982. The van der Waals surface area contributed by atoms with Gasteiger partial charge in [-0.2, -0.15) is 4.31 Å². The van der Waals surface area contributed by atoms with Gasteiger partial charge in [0.2, 0.25) is 10.0 Å². The number of benzene rings is 1. The summed E-state index contributed by atoms with van der Waals surface area (Å²) in [6.45, 7) is 7.60. The lowest BCUT2D eigenvalue weighted by atomic mass is 10.1. The molecule has 9 heteroatoms. The van der Waals surface area contributed by atoms with Gasteiger partial charge in [0, 0.05) is 18.2 Å². The van der Waals surface area contributed by atoms with Gasteiger partial charge in [-0.1, -0.05) is 12.1 Å². The van der Waals surface area contributed by atoms with Gasteiger partial charge in [-0.3, -0.25) is 14.4 Å². The Labute approximate surface area is 159 Å². The SMILES string of the molecule is CC(=O)c1ccc(S(=O)(=O)N(C)CC(=O)OC(C)C(=O)NC(C)(C)C)cc1. The third-order valence-corrected chi connectivity index (χ3v) is 5.31. The van der Waals surface area contributed by atoms with Gasteiger partial charge in [0.05, 0.1) is 4.90 Å². The van der Waals surface area contributed by atoms with Crippen LogP contribution in [0.4, 0.5) is 0 Å². The maximum absolute atomic E-state index is 12.5. The van der Waals surface area contributed by atoms with E-state index in [1.54, 1.807) is 20.8 Å². The van der Waals surface area contributed by atoms with Crippen LogP contribution < -0.4 is 5.32 Å². The molecule has 0 heterocycles. The van der Waals surface area contributed by atoms with E-state index in [9.17, 15) is 22.8 Å². The molecule has 0 fully saturated rings. The van der Waals surface area contributed by atoms with Crippen molar-refractivity contribution >= 4 is 27.7 Å². The Hall–Kier alpha value is -2.26. The first kappa shape index (κ1) is 22.8. The number of rotatable bonds is 7. The molecule has 0 bridgehead atoms. The summed E-state index contributed by atoms with van der Waals surface area (Å²) in [6.07, 6.45) is -1.05. The van der Waals surface area contributed by atoms with Crippen molar-refractivity contribution in [3.8, 4) is 0 Å². The lowest BCUT2D eigenvalue weighted by Gasteiger charge is -2.23. The quantitative estimate of drug-likeness (QED) is 0.548. The molecule has 0 aromatic heterocycles. The minimum Gasteiger partial charge on any atom is -0.452 e. The maximum atomic E-state index is 12.5. The minimum absolute atomic E-state index is 0.0543. The predicted octanol–water partition coefficient (Wildman–Crippen LogP) is 1.36. The van der Waals surface area contributed by atoms with Gasteiger partial charge in [0.1, 0.15) is 6.54 Å². The molecule has 27 heavy (non-hydrogen) atoms. The number of sulfonamides is 1. The normalized spacial score (nSPS) is 13.1. The summed E-state index contributed by atoms with van der Waals surface area (Å²) in [5, 5.41) is 2.67. The number of ether oxygens (including phenoxy) is 1. The Balaban J connectivity index is 2.75. The zero-order valence-corrected chi connectivity index (χ0v) is 17.2. The van der Waals surface area contributed by atoms with Crippen molar-refractivity contribution in [3.63, 3.8) is 0 Å². The van der Waals surface area contributed by atoms with E-state index in [4.69, 9.17) is 4.74 Å². The standard InChI is InChI=1S/C18H26N2O6S/c1-12(21)14-7-9-15(10-8-14)27(24,25)20(6)11-16(22)26-13(2)17(23)19-18(3,4)5/h7-10,13H,11H2,1-6H3,(H,19,23). The predicted molar refractivity (Wildman–Crippen MR) is 99.7 cm³/mol. The highest BCUT2D eigenvalue weighted by atomic mass is 32.2. The fraction of sp³-hybridized carbons (Fsp3) is 0.500. The first-order valence-electron chi connectivity index (χ1n) is 8.33. The summed E-state index contributed by atoms with van der Waals surface area (Å²) >= 11 is 0. The highest BCUT2D eigenvalue weighted by Crippen LogP contribution is 2.15. The second-order valence-corrected chi connectivity index (χ2v) is 9.26. The van der Waals surface area contributed by atoms with E-state index in [1.807, 2.05) is 0 Å². The molecule has 1 N–H and O–H groups in total. The molecule has 0 aliphatic heterocycles. The topological polar surface area (TPSA) is 110 Å². The number of ketones is 1. The Kier molecular flexibility index (Phi) is 7.27. The number of hydrogen-bond acceptors (Lipinski definition) is 6. The monoisotopic (exact) mass is 398 g/mol. The number of Topliss-reactive ketones (excluding diaryl/α,β-unsaturated/α-hetero) is 1. The van der Waals surface area contributed by atoms with E-state index in [2.05, 4.69) is 5.32 Å². The van der Waals surface area contributed by atoms with E-state index in [-0.39, 0.29) is 10.7 Å². The second kappa shape index (κ2) is 8.62. The zero-order valence-electron chi connectivity index (χ0n) is 16.4. The lowest BCUT2D eigenvalue weighted by Crippen LogP contribution is -2.47. The van der Waals surface area contributed by atoms with E-state index >= 15 is 0 Å². The molecule has 8 nitrogen and oxygen atoms in total. The zero-order chi connectivity index (χ0) is 21.0. The summed E-state index contributed by atoms with van der Waals surface area (Å²) in [4.78, 5) is 35.2. The first-order valence-corrected chi connectivity index (χ1v) is 9.77. The number of esters is 1. The Bertz CT molecular complexity index is 809. The van der Waals surface area contributed by atoms with Crippen LogP contribution >= 0.6 is 0 Å². The number of hydrogen-bond donors (Lipinski definition) is 1. The fourth-order valence-corrected chi connectivity index (χ4v) is 3.18. The highest BCUT2D eigenvalue weighted by molar-refractivity contribution is 7.89. The molecule has 0 aliphatic carbocycles. The van der Waals surface area contributed by atoms with Crippen LogP contribution in [-0.2, 0) is 24.3 Å². The maximum Gasteiger partial charge on any atom is 0.322 e. The van der Waals surface area contributed by atoms with Gasteiger partial charge in [-0.15, -0.1) is 0 Å². The van der Waals surface area contributed by atoms with E-state index in [1.165, 1.54) is 45.2 Å². The second-order valence-electron chi connectivity index (χ2n) is 7.21. The third kappa shape index (κ3) is 6.76. The van der Waals surface area contributed by atoms with E-state index < -0.39 is 40.1 Å². The van der Waals surface area contributed by atoms with Crippen molar-refractivity contribution in [2.45, 2.75) is 51.2 Å². The van der Waals surface area contributed by atoms with Crippen molar-refractivity contribution in [1.29, 1.82) is 0 Å². The number of nitrogens with one attached hydrogen (secondary N) is 1. The fourth-order valence-electron chi connectivity index (χ4n) is 2.07. The number of carbonyl (C=O) groups is 3. The van der Waals surface area contributed by atoms with E-state index in [0.717, 1.165) is 4.31 Å². The van der Waals surface area contributed by atoms with Crippen LogP contribution in [0.3, 0.4) is 0 Å². The van der Waals surface area contributed by atoms with Crippen LogP contribution in [0.25, 0.3) is 0 Å². The number of carbonyl (C=O) groups excluding carboxylic acids is 3. The molecular weight excluding hydrogens is 372 g/mol. The van der Waals surface area contributed by atoms with Gasteiger partial charge in [0.15, 0.2) is 11.9 Å². The third-order valence-electron chi connectivity index (χ3n) is 3.50. The Morgan fingerprint density at radius 2 is 1.67 bits per heavy atom. The Morgan fingerprint density at radius 3 is 2.11 bits per heavy atom. The van der Waals surface area contributed by atoms with Gasteiger partial charge >= 0.3 is 5.97 Å². The largest absolute Gasteiger partial charge is 0.452 e. The van der Waals surface area contributed by atoms with Crippen molar-refractivity contribution in [2.24, 2.45) is 0 Å². The molecule has 1 rings (SSSR count). The van der Waals surface area contributed by atoms with Crippen molar-refractivity contribution < 1.29 is 27.5 Å². The van der Waals surface area contributed by atoms with Crippen molar-refractivity contribution in [1.82, 2.24) is 9.62 Å². The van der Waals surface area contributed by atoms with Gasteiger partial charge in [0.25, 0.3) is 5.91 Å².